The third-order valence-electron chi connectivity index (χ3n) is 3.52. The largest absolute Gasteiger partial charge is 0.273 e. The Hall–Kier alpha value is -0.570. The molecule has 0 N–H and O–H groups in total. The van der Waals surface area contributed by atoms with Crippen molar-refractivity contribution in [2.24, 2.45) is 5.92 Å². The third kappa shape index (κ3) is 3.20. The molecule has 2 aliphatic rings. The molecule has 1 saturated heterocycles. The van der Waals surface area contributed by atoms with E-state index in [2.05, 4.69) is 0 Å². The summed E-state index contributed by atoms with van der Waals surface area (Å²) < 4.78 is 0. The summed E-state index contributed by atoms with van der Waals surface area (Å²) in [5.41, 5.74) is 0. The second-order valence-corrected chi connectivity index (χ2v) is 4.73. The summed E-state index contributed by atoms with van der Waals surface area (Å²) >= 11 is 0. The number of hydrogen-bond acceptors (Lipinski definition) is 2. The summed E-state index contributed by atoms with van der Waals surface area (Å²) in [6.45, 7) is 1.51. The van der Waals surface area contributed by atoms with Gasteiger partial charge >= 0.3 is 0 Å². The van der Waals surface area contributed by atoms with E-state index in [0.717, 1.165) is 31.9 Å². The van der Waals surface area contributed by atoms with Gasteiger partial charge in [-0.1, -0.05) is 32.1 Å². The fourth-order valence-corrected chi connectivity index (χ4v) is 2.57. The van der Waals surface area contributed by atoms with Gasteiger partial charge in [-0.2, -0.15) is 0 Å². The van der Waals surface area contributed by atoms with Gasteiger partial charge in [-0.25, -0.2) is 5.06 Å². The number of hydroxylamine groups is 2. The van der Waals surface area contributed by atoms with Gasteiger partial charge in [-0.15, -0.1) is 0 Å². The second kappa shape index (κ2) is 5.50. The van der Waals surface area contributed by atoms with Crippen molar-refractivity contribution in [3.63, 3.8) is 0 Å². The van der Waals surface area contributed by atoms with Crippen molar-refractivity contribution in [3.05, 3.63) is 0 Å². The quantitative estimate of drug-likeness (QED) is 0.718. The van der Waals surface area contributed by atoms with Crippen molar-refractivity contribution in [2.45, 2.75) is 51.4 Å². The minimum Gasteiger partial charge on any atom is -0.273 e. The first-order valence-corrected chi connectivity index (χ1v) is 6.29. The highest BCUT2D eigenvalue weighted by Gasteiger charge is 2.21. The molecule has 3 heteroatoms. The summed E-state index contributed by atoms with van der Waals surface area (Å²) in [6.07, 6.45) is 9.51. The molecule has 0 bridgehead atoms. The maximum Gasteiger partial charge on any atom is 0.246 e. The molecule has 0 spiro atoms. The van der Waals surface area contributed by atoms with Crippen LogP contribution in [-0.2, 0) is 9.63 Å². The molecule has 0 aromatic carbocycles. The van der Waals surface area contributed by atoms with Gasteiger partial charge in [0.05, 0.1) is 13.2 Å². The zero-order valence-corrected chi connectivity index (χ0v) is 9.41. The fraction of sp³-hybridized carbons (Fsp3) is 0.917. The van der Waals surface area contributed by atoms with E-state index in [1.54, 1.807) is 5.06 Å². The molecule has 1 aliphatic heterocycles. The third-order valence-corrected chi connectivity index (χ3v) is 3.52. The lowest BCUT2D eigenvalue weighted by atomic mass is 9.86. The summed E-state index contributed by atoms with van der Waals surface area (Å²) in [6, 6.07) is 0. The highest BCUT2D eigenvalue weighted by Crippen LogP contribution is 2.27. The van der Waals surface area contributed by atoms with Crippen LogP contribution in [0.15, 0.2) is 0 Å². The minimum atomic E-state index is 0.193. The molecule has 1 heterocycles. The van der Waals surface area contributed by atoms with Crippen LogP contribution in [0.25, 0.3) is 0 Å². The molecule has 15 heavy (non-hydrogen) atoms. The zero-order chi connectivity index (χ0) is 10.5. The van der Waals surface area contributed by atoms with Gasteiger partial charge in [-0.3, -0.25) is 9.63 Å². The first-order valence-electron chi connectivity index (χ1n) is 6.29. The Morgan fingerprint density at radius 1 is 1.20 bits per heavy atom. The predicted molar refractivity (Wildman–Crippen MR) is 58.1 cm³/mol. The van der Waals surface area contributed by atoms with Crippen molar-refractivity contribution >= 4 is 5.91 Å². The summed E-state index contributed by atoms with van der Waals surface area (Å²) in [5, 5.41) is 1.56. The first kappa shape index (κ1) is 10.9. The Morgan fingerprint density at radius 2 is 2.00 bits per heavy atom. The van der Waals surface area contributed by atoms with Crippen LogP contribution in [0.4, 0.5) is 0 Å². The Bertz CT molecular complexity index is 206. The van der Waals surface area contributed by atoms with Gasteiger partial charge in [0.15, 0.2) is 0 Å². The smallest absolute Gasteiger partial charge is 0.246 e. The zero-order valence-electron chi connectivity index (χ0n) is 9.41. The van der Waals surface area contributed by atoms with Crippen molar-refractivity contribution < 1.29 is 9.63 Å². The lowest BCUT2D eigenvalue weighted by molar-refractivity contribution is -0.169. The first-order chi connectivity index (χ1) is 7.36. The molecular formula is C12H21NO2. The number of hydrogen-bond donors (Lipinski definition) is 0. The lowest BCUT2D eigenvalue weighted by Crippen LogP contribution is -2.26. The lowest BCUT2D eigenvalue weighted by Gasteiger charge is -2.22. The molecule has 2 fully saturated rings. The standard InChI is InChI=1S/C12H21NO2/c14-12(13-9-4-10-15-13)8-7-11-5-2-1-3-6-11/h11H,1-10H2. The number of amides is 1. The summed E-state index contributed by atoms with van der Waals surface area (Å²) in [7, 11) is 0. The van der Waals surface area contributed by atoms with E-state index in [9.17, 15) is 4.79 Å². The molecule has 0 aromatic heterocycles. The monoisotopic (exact) mass is 211 g/mol. The predicted octanol–water partition coefficient (Wildman–Crippen LogP) is 2.51. The summed E-state index contributed by atoms with van der Waals surface area (Å²) in [5.74, 6) is 0.989. The molecule has 2 rings (SSSR count). The van der Waals surface area contributed by atoms with Crippen LogP contribution in [0.3, 0.4) is 0 Å². The van der Waals surface area contributed by atoms with Crippen molar-refractivity contribution in [1.82, 2.24) is 5.06 Å². The molecule has 0 unspecified atom stereocenters. The van der Waals surface area contributed by atoms with Crippen molar-refractivity contribution in [2.75, 3.05) is 13.2 Å². The molecule has 1 saturated carbocycles. The van der Waals surface area contributed by atoms with Gasteiger partial charge in [0.2, 0.25) is 5.91 Å². The molecule has 1 amide bonds. The number of rotatable bonds is 3. The van der Waals surface area contributed by atoms with Gasteiger partial charge < -0.3 is 0 Å². The van der Waals surface area contributed by atoms with Crippen LogP contribution >= 0.6 is 0 Å². The van der Waals surface area contributed by atoms with Crippen LogP contribution in [0.1, 0.15) is 51.4 Å². The van der Waals surface area contributed by atoms with Crippen molar-refractivity contribution in [1.29, 1.82) is 0 Å². The van der Waals surface area contributed by atoms with Crippen LogP contribution in [-0.4, -0.2) is 24.1 Å². The molecule has 86 valence electrons. The van der Waals surface area contributed by atoms with E-state index >= 15 is 0 Å². The summed E-state index contributed by atoms with van der Waals surface area (Å²) in [4.78, 5) is 16.9. The van der Waals surface area contributed by atoms with Crippen LogP contribution in [0, 0.1) is 5.92 Å². The van der Waals surface area contributed by atoms with E-state index in [-0.39, 0.29) is 5.91 Å². The Kier molecular flexibility index (Phi) is 4.01. The molecule has 0 radical (unpaired) electrons. The fourth-order valence-electron chi connectivity index (χ4n) is 2.57. The van der Waals surface area contributed by atoms with Gasteiger partial charge in [-0.05, 0) is 18.8 Å². The Labute approximate surface area is 91.7 Å². The van der Waals surface area contributed by atoms with Gasteiger partial charge in [0, 0.05) is 6.42 Å². The van der Waals surface area contributed by atoms with E-state index in [0.29, 0.717) is 6.42 Å². The Morgan fingerprint density at radius 3 is 2.67 bits per heavy atom. The topological polar surface area (TPSA) is 29.5 Å². The molecule has 0 aromatic rings. The average molecular weight is 211 g/mol. The minimum absolute atomic E-state index is 0.193. The van der Waals surface area contributed by atoms with Crippen molar-refractivity contribution in [3.8, 4) is 0 Å². The maximum atomic E-state index is 11.7. The number of nitrogens with zero attached hydrogens (tertiary/aromatic N) is 1. The molecular weight excluding hydrogens is 190 g/mol. The van der Waals surface area contributed by atoms with Crippen LogP contribution in [0.5, 0.6) is 0 Å². The van der Waals surface area contributed by atoms with E-state index in [4.69, 9.17) is 4.84 Å². The van der Waals surface area contributed by atoms with E-state index in [1.165, 1.54) is 32.1 Å². The normalized spacial score (nSPS) is 23.3. The number of carbonyl (C=O) groups excluding carboxylic acids is 1. The highest BCUT2D eigenvalue weighted by atomic mass is 16.7. The molecule has 0 atom stereocenters. The van der Waals surface area contributed by atoms with Crippen LogP contribution in [0.2, 0.25) is 0 Å². The highest BCUT2D eigenvalue weighted by molar-refractivity contribution is 5.75. The Balaban J connectivity index is 1.65. The van der Waals surface area contributed by atoms with E-state index < -0.39 is 0 Å². The SMILES string of the molecule is O=C(CCC1CCCCC1)N1CCCO1. The average Bonchev–Trinajstić information content (AvgIpc) is 2.81. The molecule has 3 nitrogen and oxygen atoms in total. The van der Waals surface area contributed by atoms with E-state index in [1.807, 2.05) is 0 Å². The maximum absolute atomic E-state index is 11.7. The van der Waals surface area contributed by atoms with Gasteiger partial charge in [0.1, 0.15) is 0 Å². The number of carbonyl (C=O) groups is 1. The van der Waals surface area contributed by atoms with Gasteiger partial charge in [0.25, 0.3) is 0 Å². The van der Waals surface area contributed by atoms with Crippen LogP contribution < -0.4 is 0 Å². The molecule has 1 aliphatic carbocycles. The second-order valence-electron chi connectivity index (χ2n) is 4.73.